The van der Waals surface area contributed by atoms with Crippen molar-refractivity contribution in [2.24, 2.45) is 10.8 Å². The lowest BCUT2D eigenvalue weighted by atomic mass is 9.64. The monoisotopic (exact) mass is 597 g/mol. The molecule has 0 aromatic heterocycles. The van der Waals surface area contributed by atoms with Crippen molar-refractivity contribution in [1.82, 2.24) is 5.32 Å². The van der Waals surface area contributed by atoms with Crippen molar-refractivity contribution in [3.8, 4) is 11.5 Å². The van der Waals surface area contributed by atoms with E-state index in [9.17, 15) is 9.59 Å². The van der Waals surface area contributed by atoms with E-state index in [0.29, 0.717) is 45.0 Å². The minimum atomic E-state index is -0.448. The quantitative estimate of drug-likeness (QED) is 0.383. The summed E-state index contributed by atoms with van der Waals surface area (Å²) in [6.45, 7) is 8.75. The summed E-state index contributed by atoms with van der Waals surface area (Å²) in [6, 6.07) is 11.4. The third-order valence-electron chi connectivity index (χ3n) is 7.63. The number of ketones is 2. The molecule has 0 saturated heterocycles. The summed E-state index contributed by atoms with van der Waals surface area (Å²) in [4.78, 5) is 27.2. The standard InChI is InChI=1S/C31H33BrClNO4/c1-30(2)12-21-27(23(35)14-30)26(28-22(34-21)13-31(3,4)15-24(28)36)18-10-19(32)29(25(11-18)37-5)38-16-17-8-6-7-9-20(17)33/h6-11,26,34H,12-16H2,1-5H3. The molecule has 3 aliphatic rings. The largest absolute Gasteiger partial charge is 0.493 e. The van der Waals surface area contributed by atoms with Gasteiger partial charge in [-0.2, -0.15) is 0 Å². The molecule has 1 heterocycles. The van der Waals surface area contributed by atoms with E-state index in [4.69, 9.17) is 21.1 Å². The minimum absolute atomic E-state index is 0.0899. The van der Waals surface area contributed by atoms with Gasteiger partial charge in [0.2, 0.25) is 0 Å². The summed E-state index contributed by atoms with van der Waals surface area (Å²) >= 11 is 10.0. The molecule has 5 nitrogen and oxygen atoms in total. The lowest BCUT2D eigenvalue weighted by Crippen LogP contribution is -2.42. The Morgan fingerprint density at radius 1 is 0.947 bits per heavy atom. The molecule has 38 heavy (non-hydrogen) atoms. The Hall–Kier alpha value is -2.57. The molecule has 0 unspecified atom stereocenters. The van der Waals surface area contributed by atoms with Crippen LogP contribution >= 0.6 is 27.5 Å². The first-order valence-corrected chi connectivity index (χ1v) is 14.1. The van der Waals surface area contributed by atoms with Crippen LogP contribution in [0.25, 0.3) is 0 Å². The molecule has 2 aliphatic carbocycles. The maximum absolute atomic E-state index is 13.6. The number of carbonyl (C=O) groups excluding carboxylic acids is 2. The van der Waals surface area contributed by atoms with Crippen LogP contribution in [-0.4, -0.2) is 18.7 Å². The van der Waals surface area contributed by atoms with E-state index >= 15 is 0 Å². The van der Waals surface area contributed by atoms with Gasteiger partial charge in [0.25, 0.3) is 0 Å². The van der Waals surface area contributed by atoms with Crippen molar-refractivity contribution >= 4 is 39.1 Å². The Bertz CT molecular complexity index is 1350. The van der Waals surface area contributed by atoms with E-state index in [2.05, 4.69) is 48.9 Å². The van der Waals surface area contributed by atoms with E-state index in [1.54, 1.807) is 7.11 Å². The van der Waals surface area contributed by atoms with Crippen LogP contribution in [0, 0.1) is 10.8 Å². The second-order valence-corrected chi connectivity index (χ2v) is 13.4. The lowest BCUT2D eigenvalue weighted by Gasteiger charge is -2.44. The predicted molar refractivity (Wildman–Crippen MR) is 152 cm³/mol. The summed E-state index contributed by atoms with van der Waals surface area (Å²) in [5.74, 6) is 0.799. The lowest BCUT2D eigenvalue weighted by molar-refractivity contribution is -0.119. The van der Waals surface area contributed by atoms with Gasteiger partial charge in [-0.3, -0.25) is 9.59 Å². The number of methoxy groups -OCH3 is 1. The molecule has 7 heteroatoms. The highest BCUT2D eigenvalue weighted by atomic mass is 79.9. The number of ether oxygens (including phenoxy) is 2. The fourth-order valence-electron chi connectivity index (χ4n) is 6.03. The number of hydrogen-bond acceptors (Lipinski definition) is 5. The Labute approximate surface area is 237 Å². The Morgan fingerprint density at radius 2 is 1.53 bits per heavy atom. The van der Waals surface area contributed by atoms with Crippen LogP contribution in [0.5, 0.6) is 11.5 Å². The number of nitrogens with one attached hydrogen (secondary N) is 1. The average Bonchev–Trinajstić information content (AvgIpc) is 2.80. The van der Waals surface area contributed by atoms with Crippen LogP contribution in [0.15, 0.2) is 63.4 Å². The zero-order valence-corrected chi connectivity index (χ0v) is 24.8. The smallest absolute Gasteiger partial charge is 0.175 e. The first-order valence-electron chi connectivity index (χ1n) is 12.9. The molecule has 0 fully saturated rings. The molecular formula is C31H33BrClNO4. The van der Waals surface area contributed by atoms with E-state index in [1.807, 2.05) is 36.4 Å². The van der Waals surface area contributed by atoms with E-state index in [-0.39, 0.29) is 29.0 Å². The first kappa shape index (κ1) is 27.0. The summed E-state index contributed by atoms with van der Waals surface area (Å²) < 4.78 is 12.6. The van der Waals surface area contributed by atoms with E-state index in [0.717, 1.165) is 35.4 Å². The Balaban J connectivity index is 1.60. The summed E-state index contributed by atoms with van der Waals surface area (Å²) in [6.07, 6.45) is 2.41. The molecule has 1 aliphatic heterocycles. The number of rotatable bonds is 5. The van der Waals surface area contributed by atoms with E-state index in [1.165, 1.54) is 0 Å². The SMILES string of the molecule is COc1cc(C2C3=C(CC(C)(C)CC3=O)NC3=C2C(=O)CC(C)(C)C3)cc(Br)c1OCc1ccccc1Cl. The summed E-state index contributed by atoms with van der Waals surface area (Å²) in [7, 11) is 1.59. The number of dihydropyridines is 1. The molecule has 2 aromatic rings. The van der Waals surface area contributed by atoms with Gasteiger partial charge in [0, 0.05) is 51.9 Å². The van der Waals surface area contributed by atoms with Gasteiger partial charge < -0.3 is 14.8 Å². The highest BCUT2D eigenvalue weighted by Crippen LogP contribution is 2.52. The second-order valence-electron chi connectivity index (χ2n) is 12.1. The van der Waals surface area contributed by atoms with Gasteiger partial charge in [0.15, 0.2) is 23.1 Å². The van der Waals surface area contributed by atoms with Crippen LogP contribution in [-0.2, 0) is 16.2 Å². The molecule has 0 radical (unpaired) electrons. The Morgan fingerprint density at radius 3 is 2.08 bits per heavy atom. The number of halogens is 2. The van der Waals surface area contributed by atoms with Crippen molar-refractivity contribution < 1.29 is 19.1 Å². The molecule has 0 atom stereocenters. The second kappa shape index (κ2) is 9.87. The predicted octanol–water partition coefficient (Wildman–Crippen LogP) is 7.66. The molecule has 0 amide bonds. The molecule has 0 spiro atoms. The van der Waals surface area contributed by atoms with Crippen molar-refractivity contribution in [2.45, 2.75) is 65.9 Å². The zero-order valence-electron chi connectivity index (χ0n) is 22.5. The summed E-state index contributed by atoms with van der Waals surface area (Å²) in [5, 5.41) is 4.19. The van der Waals surface area contributed by atoms with Crippen molar-refractivity contribution in [1.29, 1.82) is 0 Å². The number of hydrogen-bond donors (Lipinski definition) is 1. The molecule has 200 valence electrons. The van der Waals surface area contributed by atoms with Crippen LogP contribution in [0.4, 0.5) is 0 Å². The maximum atomic E-state index is 13.6. The van der Waals surface area contributed by atoms with Gasteiger partial charge in [-0.05, 0) is 63.4 Å². The number of carbonyl (C=O) groups is 2. The minimum Gasteiger partial charge on any atom is -0.493 e. The normalized spacial score (nSPS) is 20.6. The van der Waals surface area contributed by atoms with Gasteiger partial charge in [-0.1, -0.05) is 57.5 Å². The average molecular weight is 599 g/mol. The van der Waals surface area contributed by atoms with Gasteiger partial charge in [-0.15, -0.1) is 0 Å². The number of allylic oxidation sites excluding steroid dienone is 4. The summed E-state index contributed by atoms with van der Waals surface area (Å²) in [5.41, 5.74) is 4.69. The number of Topliss-reactive ketones (excluding diaryl/α,β-unsaturated/α-hetero) is 2. The van der Waals surface area contributed by atoms with Gasteiger partial charge in [0.1, 0.15) is 6.61 Å². The molecule has 1 N–H and O–H groups in total. The van der Waals surface area contributed by atoms with E-state index < -0.39 is 5.92 Å². The van der Waals surface area contributed by atoms with Crippen molar-refractivity contribution in [3.05, 3.63) is 79.6 Å². The van der Waals surface area contributed by atoms with Crippen LogP contribution in [0.1, 0.15) is 70.4 Å². The molecule has 5 rings (SSSR count). The topological polar surface area (TPSA) is 64.6 Å². The third-order valence-corrected chi connectivity index (χ3v) is 8.59. The zero-order chi connectivity index (χ0) is 27.4. The fourth-order valence-corrected chi connectivity index (χ4v) is 6.80. The molecular weight excluding hydrogens is 566 g/mol. The fraction of sp³-hybridized carbons (Fsp3) is 0.419. The highest BCUT2D eigenvalue weighted by molar-refractivity contribution is 9.10. The van der Waals surface area contributed by atoms with Crippen LogP contribution in [0.2, 0.25) is 5.02 Å². The van der Waals surface area contributed by atoms with Crippen LogP contribution in [0.3, 0.4) is 0 Å². The highest BCUT2D eigenvalue weighted by Gasteiger charge is 2.46. The van der Waals surface area contributed by atoms with Gasteiger partial charge in [0.05, 0.1) is 11.6 Å². The molecule has 0 saturated carbocycles. The first-order chi connectivity index (χ1) is 17.9. The molecule has 2 aromatic carbocycles. The van der Waals surface area contributed by atoms with Crippen molar-refractivity contribution in [2.75, 3.05) is 7.11 Å². The maximum Gasteiger partial charge on any atom is 0.175 e. The third kappa shape index (κ3) is 5.05. The Kier molecular flexibility index (Phi) is 7.02. The van der Waals surface area contributed by atoms with Crippen molar-refractivity contribution in [3.63, 3.8) is 0 Å². The van der Waals surface area contributed by atoms with Gasteiger partial charge in [-0.25, -0.2) is 0 Å². The van der Waals surface area contributed by atoms with Gasteiger partial charge >= 0.3 is 0 Å². The molecule has 0 bridgehead atoms. The number of benzene rings is 2. The van der Waals surface area contributed by atoms with Crippen LogP contribution < -0.4 is 14.8 Å².